The van der Waals surface area contributed by atoms with Gasteiger partial charge in [0.2, 0.25) is 0 Å². The van der Waals surface area contributed by atoms with Crippen LogP contribution in [-0.4, -0.2) is 24.2 Å². The lowest BCUT2D eigenvalue weighted by molar-refractivity contribution is 0.0944. The minimum absolute atomic E-state index is 0.0348. The van der Waals surface area contributed by atoms with E-state index in [2.05, 4.69) is 27.9 Å². The van der Waals surface area contributed by atoms with Crippen LogP contribution in [-0.2, 0) is 0 Å². The molecule has 110 valence electrons. The van der Waals surface area contributed by atoms with Gasteiger partial charge in [0.25, 0.3) is 5.91 Å². The molecule has 21 heavy (non-hydrogen) atoms. The molecular weight excluding hydrogens is 383 g/mol. The van der Waals surface area contributed by atoms with Crippen LogP contribution < -0.4 is 15.8 Å². The van der Waals surface area contributed by atoms with Crippen molar-refractivity contribution in [2.45, 2.75) is 0 Å². The number of carbonyl (C=O) groups is 1. The fourth-order valence-corrected chi connectivity index (χ4v) is 2.17. The molecule has 0 bridgehead atoms. The first-order valence-electron chi connectivity index (χ1n) is 6.31. The second-order valence-electron chi connectivity index (χ2n) is 4.33. The zero-order chi connectivity index (χ0) is 15.2. The van der Waals surface area contributed by atoms with Gasteiger partial charge in [-0.05, 0) is 65.1 Å². The van der Waals surface area contributed by atoms with Crippen LogP contribution in [0.25, 0.3) is 0 Å². The number of rotatable bonds is 5. The third kappa shape index (κ3) is 4.52. The predicted octanol–water partition coefficient (Wildman–Crippen LogP) is 2.39. The quantitative estimate of drug-likeness (QED) is 0.410. The topological polar surface area (TPSA) is 84.6 Å². The maximum atomic E-state index is 11.9. The Hall–Kier alpha value is -1.96. The Labute approximate surface area is 136 Å². The highest BCUT2D eigenvalue weighted by Gasteiger charge is 2.10. The van der Waals surface area contributed by atoms with E-state index in [0.717, 1.165) is 3.57 Å². The Balaban J connectivity index is 1.81. The number of aromatic hydroxyl groups is 1. The molecule has 0 atom stereocenters. The van der Waals surface area contributed by atoms with E-state index in [1.54, 1.807) is 36.4 Å². The summed E-state index contributed by atoms with van der Waals surface area (Å²) in [6, 6.07) is 11.9. The minimum atomic E-state index is -0.327. The van der Waals surface area contributed by atoms with Gasteiger partial charge in [-0.2, -0.15) is 0 Å². The summed E-state index contributed by atoms with van der Waals surface area (Å²) < 4.78 is 6.35. The van der Waals surface area contributed by atoms with Crippen LogP contribution in [0.5, 0.6) is 11.5 Å². The molecule has 0 unspecified atom stereocenters. The van der Waals surface area contributed by atoms with Gasteiger partial charge in [0.15, 0.2) is 0 Å². The van der Waals surface area contributed by atoms with Gasteiger partial charge in [0, 0.05) is 9.26 Å². The van der Waals surface area contributed by atoms with Crippen LogP contribution in [0.15, 0.2) is 42.5 Å². The number of benzene rings is 2. The molecule has 0 fully saturated rings. The molecular formula is C15H15IN2O3. The molecule has 0 aliphatic heterocycles. The molecule has 0 saturated carbocycles. The average Bonchev–Trinajstić information content (AvgIpc) is 2.47. The van der Waals surface area contributed by atoms with Gasteiger partial charge in [-0.1, -0.05) is 0 Å². The number of hydrogen-bond acceptors (Lipinski definition) is 4. The summed E-state index contributed by atoms with van der Waals surface area (Å²) in [6.07, 6.45) is 0. The smallest absolute Gasteiger partial charge is 0.255 e. The zero-order valence-corrected chi connectivity index (χ0v) is 13.3. The molecule has 0 heterocycles. The van der Waals surface area contributed by atoms with Crippen LogP contribution in [0, 0.1) is 3.57 Å². The van der Waals surface area contributed by atoms with Crippen molar-refractivity contribution in [3.05, 3.63) is 51.6 Å². The molecule has 0 aliphatic rings. The third-order valence-electron chi connectivity index (χ3n) is 2.74. The number of nitrogens with one attached hydrogen (secondary N) is 1. The van der Waals surface area contributed by atoms with Crippen LogP contribution in [0.3, 0.4) is 0 Å². The number of nitrogens with two attached hydrogens (primary N) is 1. The van der Waals surface area contributed by atoms with E-state index in [-0.39, 0.29) is 17.2 Å². The number of amides is 1. The van der Waals surface area contributed by atoms with Gasteiger partial charge >= 0.3 is 0 Å². The summed E-state index contributed by atoms with van der Waals surface area (Å²) in [5, 5.41) is 12.4. The van der Waals surface area contributed by atoms with Crippen LogP contribution in [0.2, 0.25) is 0 Å². The molecule has 0 radical (unpaired) electrons. The molecule has 0 aliphatic carbocycles. The zero-order valence-electron chi connectivity index (χ0n) is 11.2. The van der Waals surface area contributed by atoms with Gasteiger partial charge in [0.05, 0.1) is 12.1 Å². The molecule has 5 nitrogen and oxygen atoms in total. The van der Waals surface area contributed by atoms with Gasteiger partial charge < -0.3 is 20.9 Å². The average molecular weight is 398 g/mol. The van der Waals surface area contributed by atoms with Gasteiger partial charge in [-0.15, -0.1) is 0 Å². The second kappa shape index (κ2) is 7.16. The highest BCUT2D eigenvalue weighted by atomic mass is 127. The summed E-state index contributed by atoms with van der Waals surface area (Å²) >= 11 is 2.08. The summed E-state index contributed by atoms with van der Waals surface area (Å²) in [6.45, 7) is 0.675. The number of halogens is 1. The Bertz CT molecular complexity index is 629. The molecule has 6 heteroatoms. The lowest BCUT2D eigenvalue weighted by atomic mass is 10.2. The Morgan fingerprint density at radius 3 is 2.67 bits per heavy atom. The normalized spacial score (nSPS) is 10.1. The molecule has 2 aromatic carbocycles. The van der Waals surface area contributed by atoms with Crippen LogP contribution in [0.1, 0.15) is 10.4 Å². The van der Waals surface area contributed by atoms with E-state index in [1.807, 2.05) is 0 Å². The Kier molecular flexibility index (Phi) is 5.26. The molecule has 0 spiro atoms. The Morgan fingerprint density at radius 1 is 1.24 bits per heavy atom. The van der Waals surface area contributed by atoms with Crippen LogP contribution >= 0.6 is 22.6 Å². The summed E-state index contributed by atoms with van der Waals surface area (Å²) in [5.74, 6) is 0.329. The first-order valence-corrected chi connectivity index (χ1v) is 7.39. The largest absolute Gasteiger partial charge is 0.507 e. The maximum absolute atomic E-state index is 11.9. The van der Waals surface area contributed by atoms with Crippen molar-refractivity contribution in [1.82, 2.24) is 5.32 Å². The van der Waals surface area contributed by atoms with E-state index < -0.39 is 0 Å². The number of phenolic OH excluding ortho intramolecular Hbond substituents is 1. The van der Waals surface area contributed by atoms with Crippen molar-refractivity contribution in [3.63, 3.8) is 0 Å². The number of nitrogen functional groups attached to an aromatic ring is 1. The van der Waals surface area contributed by atoms with Crippen molar-refractivity contribution in [2.75, 3.05) is 18.9 Å². The number of hydrogen-bond donors (Lipinski definition) is 3. The van der Waals surface area contributed by atoms with Crippen molar-refractivity contribution in [3.8, 4) is 11.5 Å². The summed E-state index contributed by atoms with van der Waals surface area (Å²) in [5.41, 5.74) is 6.50. The first-order chi connectivity index (χ1) is 10.1. The minimum Gasteiger partial charge on any atom is -0.507 e. The SMILES string of the molecule is Nc1ccc(OCCNC(=O)c2cc(I)ccc2O)cc1. The monoisotopic (exact) mass is 398 g/mol. The predicted molar refractivity (Wildman–Crippen MR) is 89.5 cm³/mol. The highest BCUT2D eigenvalue weighted by molar-refractivity contribution is 14.1. The highest BCUT2D eigenvalue weighted by Crippen LogP contribution is 2.19. The van der Waals surface area contributed by atoms with E-state index in [1.165, 1.54) is 6.07 Å². The standard InChI is InChI=1S/C15H15IN2O3/c16-10-1-6-14(19)13(9-10)15(20)18-7-8-21-12-4-2-11(17)3-5-12/h1-6,9,19H,7-8,17H2,(H,18,20). The number of anilines is 1. The van der Waals surface area contributed by atoms with Gasteiger partial charge in [-0.25, -0.2) is 0 Å². The molecule has 4 N–H and O–H groups in total. The van der Waals surface area contributed by atoms with E-state index in [4.69, 9.17) is 10.5 Å². The number of carbonyl (C=O) groups excluding carboxylic acids is 1. The lowest BCUT2D eigenvalue weighted by Crippen LogP contribution is -2.28. The summed E-state index contributed by atoms with van der Waals surface area (Å²) in [7, 11) is 0. The van der Waals surface area contributed by atoms with Crippen molar-refractivity contribution < 1.29 is 14.6 Å². The maximum Gasteiger partial charge on any atom is 0.255 e. The van der Waals surface area contributed by atoms with Gasteiger partial charge in [-0.3, -0.25) is 4.79 Å². The van der Waals surface area contributed by atoms with Crippen LogP contribution in [0.4, 0.5) is 5.69 Å². The van der Waals surface area contributed by atoms with Crippen molar-refractivity contribution in [1.29, 1.82) is 0 Å². The molecule has 2 aromatic rings. The number of phenols is 1. The van der Waals surface area contributed by atoms with E-state index in [0.29, 0.717) is 24.6 Å². The molecule has 1 amide bonds. The number of ether oxygens (including phenoxy) is 1. The lowest BCUT2D eigenvalue weighted by Gasteiger charge is -2.09. The Morgan fingerprint density at radius 2 is 1.95 bits per heavy atom. The molecule has 0 aromatic heterocycles. The van der Waals surface area contributed by atoms with Gasteiger partial charge in [0.1, 0.15) is 18.1 Å². The van der Waals surface area contributed by atoms with Crippen molar-refractivity contribution >= 4 is 34.2 Å². The molecule has 0 saturated heterocycles. The van der Waals surface area contributed by atoms with E-state index >= 15 is 0 Å². The third-order valence-corrected chi connectivity index (χ3v) is 3.41. The first kappa shape index (κ1) is 15.4. The van der Waals surface area contributed by atoms with E-state index in [9.17, 15) is 9.90 Å². The van der Waals surface area contributed by atoms with Crippen molar-refractivity contribution in [2.24, 2.45) is 0 Å². The summed E-state index contributed by atoms with van der Waals surface area (Å²) in [4.78, 5) is 11.9. The fourth-order valence-electron chi connectivity index (χ4n) is 1.68. The second-order valence-corrected chi connectivity index (χ2v) is 5.58. The fraction of sp³-hybridized carbons (Fsp3) is 0.133. The molecule has 2 rings (SSSR count).